The maximum absolute atomic E-state index is 13.0. The van der Waals surface area contributed by atoms with Gasteiger partial charge in [-0.05, 0) is 51.9 Å². The lowest BCUT2D eigenvalue weighted by Crippen LogP contribution is -2.58. The molecule has 4 N–H and O–H groups in total. The third-order valence-corrected chi connectivity index (χ3v) is 8.62. The average molecular weight is 457 g/mol. The molecule has 1 aliphatic heterocycles. The topological polar surface area (TPSA) is 145 Å². The van der Waals surface area contributed by atoms with Gasteiger partial charge in [0.1, 0.15) is 11.6 Å². The molecule has 0 bridgehead atoms. The molecular formula is C20H32N4O6S. The molecule has 31 heavy (non-hydrogen) atoms. The minimum atomic E-state index is -3.86. The maximum Gasteiger partial charge on any atom is 0.317 e. The molecule has 3 rings (SSSR count). The molecule has 2 aliphatic carbocycles. The van der Waals surface area contributed by atoms with Crippen LogP contribution in [-0.4, -0.2) is 72.8 Å². The number of allylic oxidation sites excluding steroid dienone is 1. The van der Waals surface area contributed by atoms with Gasteiger partial charge >= 0.3 is 6.03 Å². The van der Waals surface area contributed by atoms with Crippen LogP contribution in [0, 0.1) is 5.92 Å². The predicted octanol–water partition coefficient (Wildman–Crippen LogP) is -0.00770. The third-order valence-electron chi connectivity index (χ3n) is 6.46. The number of sulfonamides is 1. The van der Waals surface area contributed by atoms with Gasteiger partial charge in [-0.2, -0.15) is 0 Å². The number of amides is 4. The Kier molecular flexibility index (Phi) is 6.66. The summed E-state index contributed by atoms with van der Waals surface area (Å²) in [6, 6.07) is -1.49. The van der Waals surface area contributed by atoms with Gasteiger partial charge in [-0.25, -0.2) is 13.2 Å². The third kappa shape index (κ3) is 5.03. The fraction of sp³-hybridized carbons (Fsp3) is 0.750. The van der Waals surface area contributed by atoms with E-state index in [1.165, 1.54) is 4.90 Å². The number of aliphatic hydroxyl groups excluding tert-OH is 1. The summed E-state index contributed by atoms with van der Waals surface area (Å²) in [6.45, 7) is 1.77. The smallest absolute Gasteiger partial charge is 0.317 e. The second kappa shape index (κ2) is 8.78. The summed E-state index contributed by atoms with van der Waals surface area (Å²) >= 11 is 0. The highest BCUT2D eigenvalue weighted by atomic mass is 32.2. The van der Waals surface area contributed by atoms with Crippen LogP contribution in [0.3, 0.4) is 0 Å². The number of nitrogens with zero attached hydrogens (tertiary/aromatic N) is 1. The number of rotatable bonds is 5. The van der Waals surface area contributed by atoms with E-state index in [0.29, 0.717) is 19.4 Å². The zero-order valence-corrected chi connectivity index (χ0v) is 18.8. The Morgan fingerprint density at radius 1 is 1.32 bits per heavy atom. The van der Waals surface area contributed by atoms with E-state index in [4.69, 9.17) is 0 Å². The van der Waals surface area contributed by atoms with E-state index in [1.54, 1.807) is 14.0 Å². The Balaban J connectivity index is 1.83. The van der Waals surface area contributed by atoms with Gasteiger partial charge in [0, 0.05) is 26.1 Å². The molecule has 0 aromatic carbocycles. The summed E-state index contributed by atoms with van der Waals surface area (Å²) in [6.07, 6.45) is 7.36. The van der Waals surface area contributed by atoms with E-state index in [0.717, 1.165) is 19.3 Å². The van der Waals surface area contributed by atoms with Crippen LogP contribution in [0.4, 0.5) is 4.79 Å². The molecule has 2 fully saturated rings. The fourth-order valence-electron chi connectivity index (χ4n) is 3.70. The Morgan fingerprint density at radius 3 is 2.68 bits per heavy atom. The van der Waals surface area contributed by atoms with Gasteiger partial charge in [-0.1, -0.05) is 12.2 Å². The number of fused-ring (bicyclic) bond motifs is 1. The molecule has 4 amide bonds. The molecule has 0 unspecified atom stereocenters. The first-order valence-electron chi connectivity index (χ1n) is 10.7. The number of carbonyl (C=O) groups excluding carboxylic acids is 3. The van der Waals surface area contributed by atoms with Gasteiger partial charge in [-0.15, -0.1) is 0 Å². The Hall–Kier alpha value is -2.14. The minimum Gasteiger partial charge on any atom is -0.396 e. The molecule has 0 radical (unpaired) electrons. The van der Waals surface area contributed by atoms with Crippen molar-refractivity contribution in [2.24, 2.45) is 5.92 Å². The predicted molar refractivity (Wildman–Crippen MR) is 113 cm³/mol. The van der Waals surface area contributed by atoms with Gasteiger partial charge in [0.25, 0.3) is 5.91 Å². The number of carbonyl (C=O) groups is 3. The maximum atomic E-state index is 13.0. The molecule has 0 saturated heterocycles. The van der Waals surface area contributed by atoms with E-state index >= 15 is 0 Å². The summed E-state index contributed by atoms with van der Waals surface area (Å²) in [5, 5.41) is 14.6. The quantitative estimate of drug-likeness (QED) is 0.428. The Morgan fingerprint density at radius 2 is 2.03 bits per heavy atom. The van der Waals surface area contributed by atoms with Gasteiger partial charge in [0.15, 0.2) is 0 Å². The van der Waals surface area contributed by atoms with Crippen LogP contribution in [0.1, 0.15) is 51.9 Å². The van der Waals surface area contributed by atoms with Crippen molar-refractivity contribution >= 4 is 27.9 Å². The van der Waals surface area contributed by atoms with Crippen molar-refractivity contribution in [3.05, 3.63) is 12.2 Å². The molecule has 1 heterocycles. The van der Waals surface area contributed by atoms with Crippen LogP contribution in [0.2, 0.25) is 0 Å². The van der Waals surface area contributed by atoms with Gasteiger partial charge in [-0.3, -0.25) is 14.3 Å². The Labute approximate surface area is 182 Å². The summed E-state index contributed by atoms with van der Waals surface area (Å²) in [5.41, 5.74) is -1.39. The van der Waals surface area contributed by atoms with E-state index < -0.39 is 44.2 Å². The SMILES string of the molecule is CN1CCCC/C=C\[C@@H]2C[C@@]2(C(=O)NS(=O)(=O)C2(C)CC2)NC(=O)[C@H](CCO)NC1=O. The highest BCUT2D eigenvalue weighted by Gasteiger charge is 2.62. The van der Waals surface area contributed by atoms with Crippen molar-refractivity contribution in [1.29, 1.82) is 0 Å². The second-order valence-electron chi connectivity index (χ2n) is 9.02. The minimum absolute atomic E-state index is 0.0278. The summed E-state index contributed by atoms with van der Waals surface area (Å²) in [5.74, 6) is -1.73. The lowest BCUT2D eigenvalue weighted by Gasteiger charge is -2.26. The summed E-state index contributed by atoms with van der Waals surface area (Å²) < 4.78 is 26.3. The first-order chi connectivity index (χ1) is 14.5. The largest absolute Gasteiger partial charge is 0.396 e. The molecule has 11 heteroatoms. The summed E-state index contributed by atoms with van der Waals surface area (Å²) in [7, 11) is -2.23. The Bertz CT molecular complexity index is 869. The molecule has 0 spiro atoms. The standard InChI is InChI=1S/C20H32N4O6S/c1-19(9-10-19)31(29,30)23-17(27)20-13-14(20)7-5-3-4-6-11-24(2)18(28)21-15(8-12-25)16(26)22-20/h5,7,14-15,25H,3-4,6,8-13H2,1-2H3,(H,21,28)(H,22,26)(H,23,27)/b7-5-/t14-,15+,20-/m1/s1. The van der Waals surface area contributed by atoms with Crippen LogP contribution >= 0.6 is 0 Å². The van der Waals surface area contributed by atoms with E-state index in [-0.39, 0.29) is 25.4 Å². The van der Waals surface area contributed by atoms with Crippen LogP contribution in [0.25, 0.3) is 0 Å². The second-order valence-corrected chi connectivity index (χ2v) is 11.2. The van der Waals surface area contributed by atoms with Crippen molar-refractivity contribution in [2.75, 3.05) is 20.2 Å². The van der Waals surface area contributed by atoms with Crippen LogP contribution in [-0.2, 0) is 19.6 Å². The van der Waals surface area contributed by atoms with Gasteiger partial charge < -0.3 is 20.6 Å². The normalized spacial score (nSPS) is 32.0. The van der Waals surface area contributed by atoms with Crippen molar-refractivity contribution in [2.45, 2.75) is 68.2 Å². The highest BCUT2D eigenvalue weighted by molar-refractivity contribution is 7.91. The van der Waals surface area contributed by atoms with Gasteiger partial charge in [0.05, 0.1) is 4.75 Å². The van der Waals surface area contributed by atoms with Crippen molar-refractivity contribution < 1.29 is 27.9 Å². The monoisotopic (exact) mass is 456 g/mol. The molecule has 0 aromatic heterocycles. The first kappa shape index (κ1) is 23.5. The number of urea groups is 1. The van der Waals surface area contributed by atoms with Crippen LogP contribution < -0.4 is 15.4 Å². The zero-order chi connectivity index (χ0) is 22.9. The molecule has 2 saturated carbocycles. The molecule has 0 aromatic rings. The molecule has 10 nitrogen and oxygen atoms in total. The average Bonchev–Trinajstić information content (AvgIpc) is 3.60. The summed E-state index contributed by atoms with van der Waals surface area (Å²) in [4.78, 5) is 39.8. The van der Waals surface area contributed by atoms with Crippen molar-refractivity contribution in [1.82, 2.24) is 20.3 Å². The lowest BCUT2D eigenvalue weighted by molar-refractivity contribution is -0.130. The first-order valence-corrected chi connectivity index (χ1v) is 12.2. The number of aliphatic hydroxyl groups is 1. The zero-order valence-electron chi connectivity index (χ0n) is 18.0. The fourth-order valence-corrected chi connectivity index (χ4v) is 5.01. The number of nitrogens with one attached hydrogen (secondary N) is 3. The van der Waals surface area contributed by atoms with Crippen LogP contribution in [0.5, 0.6) is 0 Å². The van der Waals surface area contributed by atoms with Gasteiger partial charge in [0.2, 0.25) is 15.9 Å². The van der Waals surface area contributed by atoms with E-state index in [1.807, 2.05) is 12.2 Å². The van der Waals surface area contributed by atoms with Crippen molar-refractivity contribution in [3.63, 3.8) is 0 Å². The molecule has 174 valence electrons. The number of hydrogen-bond donors (Lipinski definition) is 4. The molecular weight excluding hydrogens is 424 g/mol. The lowest BCUT2D eigenvalue weighted by atomic mass is 10.1. The molecule has 3 aliphatic rings. The van der Waals surface area contributed by atoms with E-state index in [9.17, 15) is 27.9 Å². The van der Waals surface area contributed by atoms with Crippen LogP contribution in [0.15, 0.2) is 12.2 Å². The number of hydrogen-bond acceptors (Lipinski definition) is 6. The van der Waals surface area contributed by atoms with E-state index in [2.05, 4.69) is 15.4 Å². The highest BCUT2D eigenvalue weighted by Crippen LogP contribution is 2.47. The molecule has 3 atom stereocenters. The van der Waals surface area contributed by atoms with Crippen molar-refractivity contribution in [3.8, 4) is 0 Å².